The van der Waals surface area contributed by atoms with Gasteiger partial charge in [-0.2, -0.15) is 0 Å². The minimum atomic E-state index is -3.73. The zero-order valence-electron chi connectivity index (χ0n) is 18.8. The highest BCUT2D eigenvalue weighted by Gasteiger charge is 2.26. The molecule has 1 heterocycles. The number of methoxy groups -OCH3 is 3. The van der Waals surface area contributed by atoms with Gasteiger partial charge >= 0.3 is 0 Å². The summed E-state index contributed by atoms with van der Waals surface area (Å²) in [7, 11) is 0.831. The largest absolute Gasteiger partial charge is 0.497 e. The monoisotopic (exact) mass is 497 g/mol. The molecule has 0 saturated heterocycles. The van der Waals surface area contributed by atoms with Crippen molar-refractivity contribution in [2.45, 2.75) is 15.5 Å². The maximum atomic E-state index is 13.3. The van der Waals surface area contributed by atoms with E-state index in [2.05, 4.69) is 5.32 Å². The van der Waals surface area contributed by atoms with Crippen LogP contribution in [0.5, 0.6) is 17.2 Å². The molecular formula is C25H23NO6S2. The SMILES string of the molecule is COc1ccc(/C=C2\Sc3cc(S(=O)(=O)Cc4c(OC)cccc4OC)ccc3NC2=O)cc1. The Balaban J connectivity index is 1.64. The Kier molecular flexibility index (Phi) is 6.85. The van der Waals surface area contributed by atoms with Gasteiger partial charge in [-0.15, -0.1) is 0 Å². The van der Waals surface area contributed by atoms with Gasteiger partial charge in [0.15, 0.2) is 9.84 Å². The molecule has 0 radical (unpaired) electrons. The third-order valence-corrected chi connectivity index (χ3v) is 8.00. The second-order valence-electron chi connectivity index (χ2n) is 7.40. The fourth-order valence-corrected chi connectivity index (χ4v) is 5.99. The molecule has 0 atom stereocenters. The van der Waals surface area contributed by atoms with Crippen molar-refractivity contribution >= 4 is 39.3 Å². The van der Waals surface area contributed by atoms with Crippen LogP contribution in [0.15, 0.2) is 75.4 Å². The van der Waals surface area contributed by atoms with Crippen molar-refractivity contribution in [2.24, 2.45) is 0 Å². The highest BCUT2D eigenvalue weighted by Crippen LogP contribution is 2.41. The van der Waals surface area contributed by atoms with Crippen molar-refractivity contribution in [3.63, 3.8) is 0 Å². The van der Waals surface area contributed by atoms with Crippen LogP contribution >= 0.6 is 11.8 Å². The number of sulfone groups is 1. The quantitative estimate of drug-likeness (QED) is 0.470. The summed E-state index contributed by atoms with van der Waals surface area (Å²) in [5, 5.41) is 2.83. The van der Waals surface area contributed by atoms with Crippen LogP contribution < -0.4 is 19.5 Å². The number of benzene rings is 3. The van der Waals surface area contributed by atoms with Crippen molar-refractivity contribution < 1.29 is 27.4 Å². The Morgan fingerprint density at radius 1 is 0.912 bits per heavy atom. The molecule has 1 N–H and O–H groups in total. The minimum absolute atomic E-state index is 0.145. The fraction of sp³-hybridized carbons (Fsp3) is 0.160. The highest BCUT2D eigenvalue weighted by atomic mass is 32.2. The van der Waals surface area contributed by atoms with Crippen LogP contribution in [0.3, 0.4) is 0 Å². The molecule has 0 spiro atoms. The van der Waals surface area contributed by atoms with E-state index in [0.29, 0.717) is 32.6 Å². The van der Waals surface area contributed by atoms with Crippen LogP contribution in [0.2, 0.25) is 0 Å². The molecule has 0 fully saturated rings. The summed E-state index contributed by atoms with van der Waals surface area (Å²) in [6.45, 7) is 0. The first-order valence-corrected chi connectivity index (χ1v) is 12.7. The van der Waals surface area contributed by atoms with E-state index in [9.17, 15) is 13.2 Å². The van der Waals surface area contributed by atoms with Gasteiger partial charge in [-0.25, -0.2) is 8.42 Å². The van der Waals surface area contributed by atoms with Crippen molar-refractivity contribution in [1.82, 2.24) is 0 Å². The number of hydrogen-bond donors (Lipinski definition) is 1. The van der Waals surface area contributed by atoms with Gasteiger partial charge < -0.3 is 19.5 Å². The number of amides is 1. The van der Waals surface area contributed by atoms with E-state index in [1.54, 1.807) is 43.5 Å². The number of rotatable bonds is 7. The Morgan fingerprint density at radius 3 is 2.21 bits per heavy atom. The van der Waals surface area contributed by atoms with Gasteiger partial charge in [-0.05, 0) is 54.1 Å². The lowest BCUT2D eigenvalue weighted by atomic mass is 10.2. The minimum Gasteiger partial charge on any atom is -0.497 e. The molecule has 3 aromatic rings. The third-order valence-electron chi connectivity index (χ3n) is 5.28. The molecule has 0 aliphatic carbocycles. The van der Waals surface area contributed by atoms with Crippen molar-refractivity contribution in [3.05, 3.63) is 76.7 Å². The lowest BCUT2D eigenvalue weighted by Crippen LogP contribution is -2.17. The van der Waals surface area contributed by atoms with Gasteiger partial charge in [-0.1, -0.05) is 30.0 Å². The second-order valence-corrected chi connectivity index (χ2v) is 10.5. The number of carbonyl (C=O) groups is 1. The topological polar surface area (TPSA) is 90.9 Å². The van der Waals surface area contributed by atoms with E-state index in [1.807, 2.05) is 24.3 Å². The van der Waals surface area contributed by atoms with E-state index in [1.165, 1.54) is 32.0 Å². The summed E-state index contributed by atoms with van der Waals surface area (Å²) in [6, 6.07) is 17.1. The molecular weight excluding hydrogens is 474 g/mol. The van der Waals surface area contributed by atoms with Crippen LogP contribution in [0, 0.1) is 0 Å². The molecule has 1 aliphatic rings. The normalized spacial score (nSPS) is 14.3. The summed E-state index contributed by atoms with van der Waals surface area (Å²) >= 11 is 1.23. The van der Waals surface area contributed by atoms with Crippen molar-refractivity contribution in [2.75, 3.05) is 26.6 Å². The van der Waals surface area contributed by atoms with Crippen molar-refractivity contribution in [3.8, 4) is 17.2 Å². The lowest BCUT2D eigenvalue weighted by Gasteiger charge is -2.20. The number of nitrogens with one attached hydrogen (secondary N) is 1. The van der Waals surface area contributed by atoms with Gasteiger partial charge in [0.05, 0.1) is 48.1 Å². The molecule has 3 aromatic carbocycles. The smallest absolute Gasteiger partial charge is 0.262 e. The summed E-state index contributed by atoms with van der Waals surface area (Å²) in [5.41, 5.74) is 1.84. The number of hydrogen-bond acceptors (Lipinski definition) is 7. The molecule has 34 heavy (non-hydrogen) atoms. The molecule has 0 saturated carbocycles. The van der Waals surface area contributed by atoms with E-state index >= 15 is 0 Å². The predicted octanol–water partition coefficient (Wildman–Crippen LogP) is 4.77. The zero-order valence-corrected chi connectivity index (χ0v) is 20.5. The molecule has 176 valence electrons. The van der Waals surface area contributed by atoms with Crippen LogP contribution in [0.4, 0.5) is 5.69 Å². The maximum absolute atomic E-state index is 13.3. The number of carbonyl (C=O) groups excluding carboxylic acids is 1. The first kappa shape index (κ1) is 23.7. The van der Waals surface area contributed by atoms with E-state index in [0.717, 1.165) is 11.3 Å². The Bertz CT molecular complexity index is 1340. The van der Waals surface area contributed by atoms with Gasteiger partial charge in [0.25, 0.3) is 5.91 Å². The van der Waals surface area contributed by atoms with E-state index < -0.39 is 9.84 Å². The number of ether oxygens (including phenoxy) is 3. The highest BCUT2D eigenvalue weighted by molar-refractivity contribution is 8.04. The first-order valence-electron chi connectivity index (χ1n) is 10.3. The number of anilines is 1. The fourth-order valence-electron chi connectivity index (χ4n) is 3.52. The van der Waals surface area contributed by atoms with Crippen LogP contribution in [-0.2, 0) is 20.4 Å². The molecule has 0 unspecified atom stereocenters. The molecule has 0 aromatic heterocycles. The molecule has 1 amide bonds. The Labute approximate surface area is 202 Å². The first-order chi connectivity index (χ1) is 16.3. The van der Waals surface area contributed by atoms with E-state index in [-0.39, 0.29) is 16.6 Å². The maximum Gasteiger partial charge on any atom is 0.262 e. The van der Waals surface area contributed by atoms with Crippen LogP contribution in [-0.4, -0.2) is 35.7 Å². The molecule has 1 aliphatic heterocycles. The van der Waals surface area contributed by atoms with Crippen LogP contribution in [0.1, 0.15) is 11.1 Å². The standard InChI is InChI=1S/C25H23NO6S2/c1-30-17-9-7-16(8-10-17)13-24-25(27)26-20-12-11-18(14-23(20)33-24)34(28,29)15-19-21(31-2)5-4-6-22(19)32-3/h4-14H,15H2,1-3H3,(H,26,27)/b24-13-. The number of thioether (sulfide) groups is 1. The Hall–Kier alpha value is -3.43. The third kappa shape index (κ3) is 4.90. The van der Waals surface area contributed by atoms with Crippen molar-refractivity contribution in [1.29, 1.82) is 0 Å². The summed E-state index contributed by atoms with van der Waals surface area (Å²) in [6.07, 6.45) is 1.75. The molecule has 7 nitrogen and oxygen atoms in total. The van der Waals surface area contributed by atoms with Crippen LogP contribution in [0.25, 0.3) is 6.08 Å². The number of fused-ring (bicyclic) bond motifs is 1. The average molecular weight is 498 g/mol. The predicted molar refractivity (Wildman–Crippen MR) is 132 cm³/mol. The Morgan fingerprint density at radius 2 is 1.59 bits per heavy atom. The average Bonchev–Trinajstić information content (AvgIpc) is 2.84. The van der Waals surface area contributed by atoms with Gasteiger partial charge in [0.1, 0.15) is 17.2 Å². The summed E-state index contributed by atoms with van der Waals surface area (Å²) < 4.78 is 42.4. The van der Waals surface area contributed by atoms with E-state index in [4.69, 9.17) is 14.2 Å². The second kappa shape index (κ2) is 9.82. The summed E-state index contributed by atoms with van der Waals surface area (Å²) in [4.78, 5) is 13.8. The van der Waals surface area contributed by atoms with Gasteiger partial charge in [-0.3, -0.25) is 4.79 Å². The molecule has 9 heteroatoms. The molecule has 0 bridgehead atoms. The summed E-state index contributed by atoms with van der Waals surface area (Å²) in [5.74, 6) is 1.06. The van der Waals surface area contributed by atoms with Gasteiger partial charge in [0.2, 0.25) is 0 Å². The lowest BCUT2D eigenvalue weighted by molar-refractivity contribution is -0.112. The van der Waals surface area contributed by atoms with Gasteiger partial charge in [0, 0.05) is 4.90 Å². The molecule has 4 rings (SSSR count). The zero-order chi connectivity index (χ0) is 24.3.